The topological polar surface area (TPSA) is 65.0 Å². The van der Waals surface area contributed by atoms with Gasteiger partial charge < -0.3 is 19.3 Å². The molecule has 0 aliphatic heterocycles. The highest BCUT2D eigenvalue weighted by molar-refractivity contribution is 5.87. The summed E-state index contributed by atoms with van der Waals surface area (Å²) in [6.45, 7) is 0.549. The van der Waals surface area contributed by atoms with E-state index >= 15 is 0 Å². The number of carbonyl (C=O) groups is 1. The van der Waals surface area contributed by atoms with Crippen molar-refractivity contribution in [3.8, 4) is 5.75 Å². The van der Waals surface area contributed by atoms with Crippen LogP contribution in [0, 0.1) is 0 Å². The Bertz CT molecular complexity index is 425. The first-order valence-electron chi connectivity index (χ1n) is 5.32. The van der Waals surface area contributed by atoms with Gasteiger partial charge in [0.1, 0.15) is 12.5 Å². The first-order chi connectivity index (χ1) is 8.67. The highest BCUT2D eigenvalue weighted by atomic mass is 16.7. The SMILES string of the molecule is COCOCc1ccc(C=CC(=O)OC)c(O)c1. The van der Waals surface area contributed by atoms with Gasteiger partial charge in [-0.3, -0.25) is 0 Å². The van der Waals surface area contributed by atoms with Gasteiger partial charge >= 0.3 is 5.97 Å². The summed E-state index contributed by atoms with van der Waals surface area (Å²) in [5.74, 6) is -0.393. The van der Waals surface area contributed by atoms with Crippen LogP contribution >= 0.6 is 0 Å². The Morgan fingerprint density at radius 2 is 2.17 bits per heavy atom. The van der Waals surface area contributed by atoms with Crippen molar-refractivity contribution in [3.05, 3.63) is 35.4 Å². The Labute approximate surface area is 106 Å². The largest absolute Gasteiger partial charge is 0.507 e. The first kappa shape index (κ1) is 14.2. The molecule has 0 aromatic heterocycles. The maximum atomic E-state index is 10.9. The Morgan fingerprint density at radius 1 is 1.39 bits per heavy atom. The minimum atomic E-state index is -0.470. The molecule has 0 saturated carbocycles. The van der Waals surface area contributed by atoms with Gasteiger partial charge in [-0.2, -0.15) is 0 Å². The second-order valence-corrected chi connectivity index (χ2v) is 3.50. The van der Waals surface area contributed by atoms with Crippen LogP contribution in [0.1, 0.15) is 11.1 Å². The second kappa shape index (κ2) is 7.47. The number of aromatic hydroxyl groups is 1. The molecule has 0 radical (unpaired) electrons. The number of hydrogen-bond donors (Lipinski definition) is 1. The van der Waals surface area contributed by atoms with Crippen LogP contribution in [0.25, 0.3) is 6.08 Å². The third kappa shape index (κ3) is 4.57. The van der Waals surface area contributed by atoms with Gasteiger partial charge in [-0.15, -0.1) is 0 Å². The first-order valence-corrected chi connectivity index (χ1v) is 5.32. The lowest BCUT2D eigenvalue weighted by molar-refractivity contribution is -0.134. The molecule has 0 atom stereocenters. The predicted octanol–water partition coefficient (Wildman–Crippen LogP) is 1.70. The van der Waals surface area contributed by atoms with Crippen LogP contribution in [0.15, 0.2) is 24.3 Å². The molecular weight excluding hydrogens is 236 g/mol. The highest BCUT2D eigenvalue weighted by Gasteiger charge is 2.01. The van der Waals surface area contributed by atoms with Crippen molar-refractivity contribution in [2.75, 3.05) is 21.0 Å². The maximum Gasteiger partial charge on any atom is 0.330 e. The van der Waals surface area contributed by atoms with Crippen LogP contribution in [-0.2, 0) is 25.6 Å². The van der Waals surface area contributed by atoms with Crippen LogP contribution in [0.4, 0.5) is 0 Å². The number of esters is 1. The molecule has 1 aromatic rings. The number of benzene rings is 1. The van der Waals surface area contributed by atoms with Crippen molar-refractivity contribution in [2.45, 2.75) is 6.61 Å². The van der Waals surface area contributed by atoms with Crippen molar-refractivity contribution >= 4 is 12.0 Å². The Hall–Kier alpha value is -1.85. The number of ether oxygens (including phenoxy) is 3. The van der Waals surface area contributed by atoms with Crippen molar-refractivity contribution in [2.24, 2.45) is 0 Å². The summed E-state index contributed by atoms with van der Waals surface area (Å²) in [6.07, 6.45) is 2.73. The van der Waals surface area contributed by atoms with E-state index in [0.29, 0.717) is 12.2 Å². The van der Waals surface area contributed by atoms with Crippen LogP contribution < -0.4 is 0 Å². The standard InChI is InChI=1S/C13H16O5/c1-16-9-18-8-10-3-4-11(12(14)7-10)5-6-13(15)17-2/h3-7,14H,8-9H2,1-2H3. The highest BCUT2D eigenvalue weighted by Crippen LogP contribution is 2.20. The number of phenols is 1. The number of phenolic OH excluding ortho intramolecular Hbond substituents is 1. The lowest BCUT2D eigenvalue weighted by Gasteiger charge is -2.05. The van der Waals surface area contributed by atoms with Gasteiger partial charge in [0.15, 0.2) is 0 Å². The van der Waals surface area contributed by atoms with E-state index in [1.165, 1.54) is 26.4 Å². The molecule has 0 fully saturated rings. The molecule has 18 heavy (non-hydrogen) atoms. The molecule has 0 aliphatic carbocycles. The lowest BCUT2D eigenvalue weighted by Crippen LogP contribution is -1.97. The molecular formula is C13H16O5. The second-order valence-electron chi connectivity index (χ2n) is 3.50. The maximum absolute atomic E-state index is 10.9. The number of methoxy groups -OCH3 is 2. The number of rotatable bonds is 6. The van der Waals surface area contributed by atoms with Crippen LogP contribution in [-0.4, -0.2) is 32.1 Å². The summed E-state index contributed by atoms with van der Waals surface area (Å²) in [4.78, 5) is 10.9. The summed E-state index contributed by atoms with van der Waals surface area (Å²) < 4.78 is 14.4. The zero-order valence-electron chi connectivity index (χ0n) is 10.4. The normalized spacial score (nSPS) is 10.8. The van der Waals surface area contributed by atoms with E-state index in [9.17, 15) is 9.90 Å². The fourth-order valence-corrected chi connectivity index (χ4v) is 1.29. The lowest BCUT2D eigenvalue weighted by atomic mass is 10.1. The zero-order valence-corrected chi connectivity index (χ0v) is 10.4. The average molecular weight is 252 g/mol. The molecule has 0 spiro atoms. The van der Waals surface area contributed by atoms with Crippen molar-refractivity contribution < 1.29 is 24.1 Å². The molecule has 0 amide bonds. The summed E-state index contributed by atoms with van der Waals surface area (Å²) in [6, 6.07) is 5.07. The summed E-state index contributed by atoms with van der Waals surface area (Å²) in [7, 11) is 2.83. The van der Waals surface area contributed by atoms with E-state index in [-0.39, 0.29) is 12.5 Å². The third-order valence-corrected chi connectivity index (χ3v) is 2.16. The zero-order chi connectivity index (χ0) is 13.4. The van der Waals surface area contributed by atoms with E-state index < -0.39 is 5.97 Å². The van der Waals surface area contributed by atoms with Gasteiger partial charge in [0.25, 0.3) is 0 Å². The van der Waals surface area contributed by atoms with E-state index in [0.717, 1.165) is 5.56 Å². The molecule has 0 saturated heterocycles. The van der Waals surface area contributed by atoms with Crippen molar-refractivity contribution in [1.82, 2.24) is 0 Å². The molecule has 1 rings (SSSR count). The minimum absolute atomic E-state index is 0.0775. The van der Waals surface area contributed by atoms with Gasteiger partial charge in [-0.25, -0.2) is 4.79 Å². The molecule has 1 N–H and O–H groups in total. The fourth-order valence-electron chi connectivity index (χ4n) is 1.29. The van der Waals surface area contributed by atoms with Crippen molar-refractivity contribution in [1.29, 1.82) is 0 Å². The molecule has 5 nitrogen and oxygen atoms in total. The van der Waals surface area contributed by atoms with Gasteiger partial charge in [-0.1, -0.05) is 12.1 Å². The summed E-state index contributed by atoms with van der Waals surface area (Å²) in [5.41, 5.74) is 1.36. The quantitative estimate of drug-likeness (QED) is 0.361. The molecule has 0 unspecified atom stereocenters. The summed E-state index contributed by atoms with van der Waals surface area (Å²) >= 11 is 0. The minimum Gasteiger partial charge on any atom is -0.507 e. The van der Waals surface area contributed by atoms with Crippen LogP contribution in [0.2, 0.25) is 0 Å². The monoisotopic (exact) mass is 252 g/mol. The Balaban J connectivity index is 2.67. The van der Waals surface area contributed by atoms with Gasteiger partial charge in [0.2, 0.25) is 0 Å². The molecule has 1 aromatic carbocycles. The van der Waals surface area contributed by atoms with Crippen molar-refractivity contribution in [3.63, 3.8) is 0 Å². The number of carbonyl (C=O) groups excluding carboxylic acids is 1. The fraction of sp³-hybridized carbons (Fsp3) is 0.308. The number of hydrogen-bond acceptors (Lipinski definition) is 5. The van der Waals surface area contributed by atoms with Gasteiger partial charge in [0.05, 0.1) is 13.7 Å². The Kier molecular flexibility index (Phi) is 5.90. The molecule has 0 bridgehead atoms. The van der Waals surface area contributed by atoms with E-state index in [1.807, 2.05) is 0 Å². The molecule has 0 aliphatic rings. The smallest absolute Gasteiger partial charge is 0.330 e. The Morgan fingerprint density at radius 3 is 2.78 bits per heavy atom. The van der Waals surface area contributed by atoms with Gasteiger partial charge in [-0.05, 0) is 17.7 Å². The van der Waals surface area contributed by atoms with E-state index in [2.05, 4.69) is 4.74 Å². The molecule has 5 heteroatoms. The summed E-state index contributed by atoms with van der Waals surface area (Å²) in [5, 5.41) is 9.74. The van der Waals surface area contributed by atoms with Crippen LogP contribution in [0.3, 0.4) is 0 Å². The van der Waals surface area contributed by atoms with E-state index in [1.54, 1.807) is 18.2 Å². The third-order valence-electron chi connectivity index (χ3n) is 2.16. The van der Waals surface area contributed by atoms with Gasteiger partial charge in [0, 0.05) is 18.7 Å². The molecule has 98 valence electrons. The average Bonchev–Trinajstić information content (AvgIpc) is 2.37. The molecule has 0 heterocycles. The van der Waals surface area contributed by atoms with Crippen LogP contribution in [0.5, 0.6) is 5.75 Å². The predicted molar refractivity (Wildman–Crippen MR) is 65.8 cm³/mol. The van der Waals surface area contributed by atoms with E-state index in [4.69, 9.17) is 9.47 Å².